The molecule has 1 aliphatic rings. The number of nitrogens with zero attached hydrogens (tertiary/aromatic N) is 2. The number of amides is 1. The van der Waals surface area contributed by atoms with E-state index in [1.165, 1.54) is 12.8 Å². The number of fused-ring (bicyclic) bond motifs is 1. The Labute approximate surface area is 132 Å². The van der Waals surface area contributed by atoms with Crippen LogP contribution in [0.4, 0.5) is 0 Å². The van der Waals surface area contributed by atoms with Gasteiger partial charge in [0.25, 0.3) is 0 Å². The number of rotatable bonds is 5. The normalized spacial score (nSPS) is 15.7. The Bertz CT molecular complexity index is 620. The van der Waals surface area contributed by atoms with Crippen LogP contribution in [0, 0.1) is 0 Å². The van der Waals surface area contributed by atoms with Gasteiger partial charge in [-0.1, -0.05) is 46.1 Å². The predicted molar refractivity (Wildman–Crippen MR) is 85.5 cm³/mol. The van der Waals surface area contributed by atoms with Crippen LogP contribution in [-0.2, 0) is 11.2 Å². The number of carbonyl (C=O) groups excluding carboxylic acids is 1. The van der Waals surface area contributed by atoms with Gasteiger partial charge in [0.15, 0.2) is 5.58 Å². The highest BCUT2D eigenvalue weighted by atomic mass is 79.9. The van der Waals surface area contributed by atoms with Crippen molar-refractivity contribution in [3.05, 3.63) is 30.0 Å². The lowest BCUT2D eigenvalue weighted by Crippen LogP contribution is -2.41. The summed E-state index contributed by atoms with van der Waals surface area (Å²) in [5.74, 6) is 0.153. The van der Waals surface area contributed by atoms with Crippen molar-refractivity contribution in [1.82, 2.24) is 10.1 Å². The second-order valence-electron chi connectivity index (χ2n) is 5.52. The van der Waals surface area contributed by atoms with Crippen molar-refractivity contribution in [1.29, 1.82) is 0 Å². The molecule has 1 saturated carbocycles. The summed E-state index contributed by atoms with van der Waals surface area (Å²) in [4.78, 5) is 14.7. The van der Waals surface area contributed by atoms with Gasteiger partial charge in [-0.2, -0.15) is 0 Å². The molecule has 21 heavy (non-hydrogen) atoms. The lowest BCUT2D eigenvalue weighted by atomic mass is 10.1. The van der Waals surface area contributed by atoms with Crippen molar-refractivity contribution >= 4 is 32.8 Å². The van der Waals surface area contributed by atoms with Crippen molar-refractivity contribution < 1.29 is 9.32 Å². The van der Waals surface area contributed by atoms with Crippen molar-refractivity contribution in [2.24, 2.45) is 0 Å². The fraction of sp³-hybridized carbons (Fsp3) is 0.500. The number of hydrogen-bond donors (Lipinski definition) is 0. The third-order valence-electron chi connectivity index (χ3n) is 4.18. The van der Waals surface area contributed by atoms with Crippen molar-refractivity contribution in [3.63, 3.8) is 0 Å². The fourth-order valence-electron chi connectivity index (χ4n) is 3.13. The summed E-state index contributed by atoms with van der Waals surface area (Å²) >= 11 is 3.46. The molecule has 112 valence electrons. The van der Waals surface area contributed by atoms with E-state index in [1.807, 2.05) is 29.2 Å². The molecule has 1 aromatic carbocycles. The van der Waals surface area contributed by atoms with Crippen molar-refractivity contribution in [3.8, 4) is 0 Å². The molecular weight excluding hydrogens is 332 g/mol. The smallest absolute Gasteiger partial charge is 0.229 e. The molecule has 3 rings (SSSR count). The first-order chi connectivity index (χ1) is 10.3. The first-order valence-corrected chi connectivity index (χ1v) is 8.60. The van der Waals surface area contributed by atoms with Gasteiger partial charge in [0.05, 0.1) is 6.42 Å². The maximum atomic E-state index is 12.7. The third-order valence-corrected chi connectivity index (χ3v) is 4.54. The molecule has 1 aromatic heterocycles. The SMILES string of the molecule is O=C(Cc1noc2ccccc12)N(CCBr)C1CCCC1. The van der Waals surface area contributed by atoms with E-state index in [9.17, 15) is 4.79 Å². The first kappa shape index (κ1) is 14.6. The summed E-state index contributed by atoms with van der Waals surface area (Å²) < 4.78 is 5.29. The molecule has 1 fully saturated rings. The summed E-state index contributed by atoms with van der Waals surface area (Å²) in [6.07, 6.45) is 5.02. The summed E-state index contributed by atoms with van der Waals surface area (Å²) in [6, 6.07) is 8.09. The quantitative estimate of drug-likeness (QED) is 0.774. The standard InChI is InChI=1S/C16H19BrN2O2/c17-9-10-19(12-5-1-2-6-12)16(20)11-14-13-7-3-4-8-15(13)21-18-14/h3-4,7-8,12H,1-2,5-6,9-11H2. The predicted octanol–water partition coefficient (Wildman–Crippen LogP) is 3.54. The average molecular weight is 351 g/mol. The first-order valence-electron chi connectivity index (χ1n) is 7.48. The lowest BCUT2D eigenvalue weighted by Gasteiger charge is -2.28. The highest BCUT2D eigenvalue weighted by Gasteiger charge is 2.27. The Morgan fingerprint density at radius 1 is 1.33 bits per heavy atom. The van der Waals surface area contributed by atoms with E-state index in [0.29, 0.717) is 12.5 Å². The monoisotopic (exact) mass is 350 g/mol. The van der Waals surface area contributed by atoms with Gasteiger partial charge in [-0.25, -0.2) is 0 Å². The summed E-state index contributed by atoms with van der Waals surface area (Å²) in [6.45, 7) is 0.763. The van der Waals surface area contributed by atoms with Gasteiger partial charge >= 0.3 is 0 Å². The van der Waals surface area contributed by atoms with Gasteiger partial charge in [0.1, 0.15) is 5.69 Å². The Kier molecular flexibility index (Phi) is 4.58. The van der Waals surface area contributed by atoms with Crippen LogP contribution in [0.5, 0.6) is 0 Å². The minimum atomic E-state index is 0.153. The molecule has 0 aliphatic heterocycles. The topological polar surface area (TPSA) is 46.3 Å². The molecule has 0 bridgehead atoms. The second kappa shape index (κ2) is 6.60. The van der Waals surface area contributed by atoms with E-state index < -0.39 is 0 Å². The zero-order chi connectivity index (χ0) is 14.7. The molecule has 0 saturated heterocycles. The Morgan fingerprint density at radius 2 is 2.10 bits per heavy atom. The molecule has 0 radical (unpaired) electrons. The van der Waals surface area contributed by atoms with Crippen LogP contribution in [0.25, 0.3) is 11.0 Å². The lowest BCUT2D eigenvalue weighted by molar-refractivity contribution is -0.132. The number of benzene rings is 1. The summed E-state index contributed by atoms with van der Waals surface area (Å²) in [5, 5.41) is 5.83. The molecule has 0 spiro atoms. The fourth-order valence-corrected chi connectivity index (χ4v) is 3.51. The van der Waals surface area contributed by atoms with Crippen LogP contribution in [0.15, 0.2) is 28.8 Å². The van der Waals surface area contributed by atoms with Crippen LogP contribution in [-0.4, -0.2) is 33.9 Å². The third kappa shape index (κ3) is 3.12. The van der Waals surface area contributed by atoms with Crippen LogP contribution in [0.1, 0.15) is 31.4 Å². The van der Waals surface area contributed by atoms with E-state index in [-0.39, 0.29) is 5.91 Å². The molecule has 1 heterocycles. The zero-order valence-electron chi connectivity index (χ0n) is 11.9. The molecule has 0 N–H and O–H groups in total. The van der Waals surface area contributed by atoms with Crippen LogP contribution >= 0.6 is 15.9 Å². The number of halogens is 1. The van der Waals surface area contributed by atoms with Crippen molar-refractivity contribution in [2.75, 3.05) is 11.9 Å². The van der Waals surface area contributed by atoms with Gasteiger partial charge in [0.2, 0.25) is 5.91 Å². The van der Waals surface area contributed by atoms with E-state index in [1.54, 1.807) is 0 Å². The molecule has 0 atom stereocenters. The van der Waals surface area contributed by atoms with Gasteiger partial charge in [-0.15, -0.1) is 0 Å². The number of carbonyl (C=O) groups is 1. The van der Waals surface area contributed by atoms with Crippen LogP contribution < -0.4 is 0 Å². The van der Waals surface area contributed by atoms with E-state index in [4.69, 9.17) is 4.52 Å². The maximum Gasteiger partial charge on any atom is 0.229 e. The largest absolute Gasteiger partial charge is 0.356 e. The number of alkyl halides is 1. The number of hydrogen-bond acceptors (Lipinski definition) is 3. The Hall–Kier alpha value is -1.36. The molecular formula is C16H19BrN2O2. The minimum absolute atomic E-state index is 0.153. The molecule has 4 nitrogen and oxygen atoms in total. The minimum Gasteiger partial charge on any atom is -0.356 e. The highest BCUT2D eigenvalue weighted by molar-refractivity contribution is 9.09. The van der Waals surface area contributed by atoms with Crippen molar-refractivity contribution in [2.45, 2.75) is 38.1 Å². The van der Waals surface area contributed by atoms with Gasteiger partial charge in [-0.3, -0.25) is 4.79 Å². The summed E-state index contributed by atoms with van der Waals surface area (Å²) in [7, 11) is 0. The number of aromatic nitrogens is 1. The zero-order valence-corrected chi connectivity index (χ0v) is 13.5. The molecule has 1 aliphatic carbocycles. The second-order valence-corrected chi connectivity index (χ2v) is 6.31. The molecule has 1 amide bonds. The molecule has 2 aromatic rings. The van der Waals surface area contributed by atoms with Gasteiger partial charge in [-0.05, 0) is 25.0 Å². The highest BCUT2D eigenvalue weighted by Crippen LogP contribution is 2.25. The number of para-hydroxylation sites is 1. The maximum absolute atomic E-state index is 12.7. The Balaban J connectivity index is 1.77. The van der Waals surface area contributed by atoms with Gasteiger partial charge < -0.3 is 9.42 Å². The molecule has 0 unspecified atom stereocenters. The van der Waals surface area contributed by atoms with Gasteiger partial charge in [0, 0.05) is 23.3 Å². The van der Waals surface area contributed by atoms with E-state index in [2.05, 4.69) is 21.1 Å². The van der Waals surface area contributed by atoms with E-state index >= 15 is 0 Å². The average Bonchev–Trinajstić information content (AvgIpc) is 3.15. The molecule has 5 heteroatoms. The summed E-state index contributed by atoms with van der Waals surface area (Å²) in [5.41, 5.74) is 1.49. The van der Waals surface area contributed by atoms with Crippen LogP contribution in [0.3, 0.4) is 0 Å². The van der Waals surface area contributed by atoms with Crippen LogP contribution in [0.2, 0.25) is 0 Å². The van der Waals surface area contributed by atoms with E-state index in [0.717, 1.165) is 41.4 Å². The Morgan fingerprint density at radius 3 is 2.86 bits per heavy atom.